The summed E-state index contributed by atoms with van der Waals surface area (Å²) >= 11 is 2.15. The molecule has 0 bridgehead atoms. The number of amides is 2. The molecule has 40 heavy (non-hydrogen) atoms. The van der Waals surface area contributed by atoms with Crippen LogP contribution in [-0.4, -0.2) is 63.6 Å². The van der Waals surface area contributed by atoms with Crippen molar-refractivity contribution in [2.75, 3.05) is 34.0 Å². The van der Waals surface area contributed by atoms with Crippen LogP contribution in [0.5, 0.6) is 23.0 Å². The van der Waals surface area contributed by atoms with Crippen LogP contribution in [0.25, 0.3) is 0 Å². The molecule has 2 amide bonds. The van der Waals surface area contributed by atoms with Crippen LogP contribution in [0, 0.1) is 3.57 Å². The maximum atomic E-state index is 12.4. The molecule has 0 unspecified atom stereocenters. The van der Waals surface area contributed by atoms with Crippen LogP contribution >= 0.6 is 22.6 Å². The Morgan fingerprint density at radius 3 is 2.52 bits per heavy atom. The second-order valence-corrected chi connectivity index (χ2v) is 9.54. The molecule has 0 spiro atoms. The highest BCUT2D eigenvalue weighted by atomic mass is 127. The smallest absolute Gasteiger partial charge is 0.337 e. The Hall–Kier alpha value is -3.72. The van der Waals surface area contributed by atoms with Gasteiger partial charge in [0.05, 0.1) is 48.8 Å². The number of benzene rings is 2. The molecule has 13 heteroatoms. The normalized spacial score (nSPS) is 15.7. The van der Waals surface area contributed by atoms with Crippen molar-refractivity contribution in [2.45, 2.75) is 33.0 Å². The number of hydrogen-bond acceptors (Lipinski definition) is 10. The fourth-order valence-electron chi connectivity index (χ4n) is 3.94. The molecule has 12 nitrogen and oxygen atoms in total. The van der Waals surface area contributed by atoms with E-state index in [2.05, 4.69) is 43.8 Å². The summed E-state index contributed by atoms with van der Waals surface area (Å²) in [6.45, 7) is 6.02. The Bertz CT molecular complexity index is 1280. The zero-order chi connectivity index (χ0) is 29.2. The van der Waals surface area contributed by atoms with Gasteiger partial charge in [-0.1, -0.05) is 6.07 Å². The van der Waals surface area contributed by atoms with Crippen molar-refractivity contribution in [2.24, 2.45) is 5.10 Å². The van der Waals surface area contributed by atoms with E-state index >= 15 is 0 Å². The van der Waals surface area contributed by atoms with E-state index < -0.39 is 24.3 Å². The summed E-state index contributed by atoms with van der Waals surface area (Å²) in [5, 5.41) is 19.8. The van der Waals surface area contributed by atoms with E-state index in [1.165, 1.54) is 7.11 Å². The number of hydrogen-bond donors (Lipinski definition) is 4. The molecule has 0 saturated carbocycles. The van der Waals surface area contributed by atoms with Crippen LogP contribution in [0.15, 0.2) is 46.7 Å². The molecule has 2 aromatic rings. The number of allylic oxidation sites excluding steroid dienone is 1. The molecule has 216 valence electrons. The van der Waals surface area contributed by atoms with Gasteiger partial charge < -0.3 is 39.4 Å². The molecule has 4 N–H and O–H groups in total. The molecular weight excluding hydrogens is 635 g/mol. The van der Waals surface area contributed by atoms with Crippen LogP contribution < -0.4 is 35.0 Å². The molecule has 0 aromatic heterocycles. The number of methoxy groups -OCH3 is 2. The van der Waals surface area contributed by atoms with Crippen LogP contribution in [0.4, 0.5) is 4.79 Å². The predicted molar refractivity (Wildman–Crippen MR) is 156 cm³/mol. The Balaban J connectivity index is 1.70. The highest BCUT2D eigenvalue weighted by Gasteiger charge is 2.32. The number of aliphatic hydroxyl groups is 1. The van der Waals surface area contributed by atoms with Crippen molar-refractivity contribution in [3.05, 3.63) is 56.3 Å². The molecule has 0 fully saturated rings. The van der Waals surface area contributed by atoms with Crippen molar-refractivity contribution in [3.8, 4) is 23.0 Å². The number of ether oxygens (including phenoxy) is 5. The highest BCUT2D eigenvalue weighted by Crippen LogP contribution is 2.35. The van der Waals surface area contributed by atoms with E-state index in [0.29, 0.717) is 47.5 Å². The fourth-order valence-corrected chi connectivity index (χ4v) is 4.79. The first-order valence-corrected chi connectivity index (χ1v) is 13.5. The molecule has 0 aliphatic carbocycles. The molecule has 0 radical (unpaired) electrons. The SMILES string of the molecule is CCOc1cc([C@H]2NC(=O)NC(C)=C2C(=O)OC)ccc1OC[C@H](O)N/N=C/c1cc(I)c(OC)c(OCC)c1. The lowest BCUT2D eigenvalue weighted by Gasteiger charge is -2.28. The van der Waals surface area contributed by atoms with Crippen LogP contribution in [-0.2, 0) is 9.53 Å². The third kappa shape index (κ3) is 7.69. The first kappa shape index (κ1) is 30.8. The van der Waals surface area contributed by atoms with E-state index in [0.717, 1.165) is 9.13 Å². The zero-order valence-corrected chi connectivity index (χ0v) is 25.0. The van der Waals surface area contributed by atoms with Gasteiger partial charge >= 0.3 is 12.0 Å². The van der Waals surface area contributed by atoms with E-state index in [1.54, 1.807) is 44.5 Å². The lowest BCUT2D eigenvalue weighted by atomic mass is 9.95. The van der Waals surface area contributed by atoms with Gasteiger partial charge in [-0.25, -0.2) is 9.59 Å². The molecule has 2 aromatic carbocycles. The zero-order valence-electron chi connectivity index (χ0n) is 22.9. The van der Waals surface area contributed by atoms with E-state index in [9.17, 15) is 14.7 Å². The maximum absolute atomic E-state index is 12.4. The van der Waals surface area contributed by atoms with Crippen molar-refractivity contribution in [1.29, 1.82) is 0 Å². The number of hydrazone groups is 1. The minimum absolute atomic E-state index is 0.141. The molecule has 3 rings (SSSR count). The Kier molecular flexibility index (Phi) is 11.3. The van der Waals surface area contributed by atoms with E-state index in [-0.39, 0.29) is 12.2 Å². The van der Waals surface area contributed by atoms with Crippen molar-refractivity contribution >= 4 is 40.8 Å². The van der Waals surface area contributed by atoms with Crippen LogP contribution in [0.3, 0.4) is 0 Å². The predicted octanol–water partition coefficient (Wildman–Crippen LogP) is 3.22. The van der Waals surface area contributed by atoms with Gasteiger partial charge in [-0.3, -0.25) is 5.43 Å². The summed E-state index contributed by atoms with van der Waals surface area (Å²) in [5.41, 5.74) is 4.64. The fraction of sp³-hybridized carbons (Fsp3) is 0.370. The van der Waals surface area contributed by atoms with Gasteiger partial charge in [0, 0.05) is 5.70 Å². The number of halogens is 1. The van der Waals surface area contributed by atoms with Crippen molar-refractivity contribution in [3.63, 3.8) is 0 Å². The van der Waals surface area contributed by atoms with Gasteiger partial charge in [0.25, 0.3) is 0 Å². The van der Waals surface area contributed by atoms with Crippen LogP contribution in [0.1, 0.15) is 37.9 Å². The number of carbonyl (C=O) groups excluding carboxylic acids is 2. The maximum Gasteiger partial charge on any atom is 0.337 e. The second-order valence-electron chi connectivity index (χ2n) is 8.38. The summed E-state index contributed by atoms with van der Waals surface area (Å²) in [4.78, 5) is 24.5. The number of nitrogens with zero attached hydrogens (tertiary/aromatic N) is 1. The average molecular weight is 668 g/mol. The van der Waals surface area contributed by atoms with Gasteiger partial charge in [0.2, 0.25) is 0 Å². The summed E-state index contributed by atoms with van der Waals surface area (Å²) in [6.07, 6.45) is 0.421. The number of carbonyl (C=O) groups is 2. The number of nitrogens with one attached hydrogen (secondary N) is 3. The van der Waals surface area contributed by atoms with Gasteiger partial charge in [-0.2, -0.15) is 5.10 Å². The summed E-state index contributed by atoms with van der Waals surface area (Å²) < 4.78 is 28.3. The molecule has 2 atom stereocenters. The largest absolute Gasteiger partial charge is 0.492 e. The Morgan fingerprint density at radius 2 is 1.85 bits per heavy atom. The highest BCUT2D eigenvalue weighted by molar-refractivity contribution is 14.1. The van der Waals surface area contributed by atoms with Crippen molar-refractivity contribution in [1.82, 2.24) is 16.1 Å². The van der Waals surface area contributed by atoms with Crippen LogP contribution in [0.2, 0.25) is 0 Å². The number of rotatable bonds is 13. The number of urea groups is 1. The third-order valence-corrected chi connectivity index (χ3v) is 6.45. The standard InChI is InChI=1S/C27H33IN4O8/c1-6-38-20-12-17(24-23(26(34)37-5)15(3)30-27(35)31-24)8-9-19(20)40-14-22(33)32-29-13-16-10-18(28)25(36-4)21(11-16)39-7-2/h8-13,22,24,32-33H,6-7,14H2,1-5H3,(H2,30,31,35)/b29-13+/t22-,24+/m0/s1. The summed E-state index contributed by atoms with van der Waals surface area (Å²) in [5.74, 6) is 1.42. The van der Waals surface area contributed by atoms with E-state index in [4.69, 9.17) is 23.7 Å². The molecule has 1 aliphatic heterocycles. The van der Waals surface area contributed by atoms with Gasteiger partial charge in [0.1, 0.15) is 6.61 Å². The minimum Gasteiger partial charge on any atom is -0.492 e. The summed E-state index contributed by atoms with van der Waals surface area (Å²) in [6, 6.07) is 7.49. The third-order valence-electron chi connectivity index (χ3n) is 5.65. The van der Waals surface area contributed by atoms with Gasteiger partial charge in [-0.15, -0.1) is 0 Å². The molecular formula is C27H33IN4O8. The molecule has 1 aliphatic rings. The first-order valence-electron chi connectivity index (χ1n) is 12.4. The topological polar surface area (TPSA) is 149 Å². The number of aliphatic hydroxyl groups excluding tert-OH is 1. The lowest BCUT2D eigenvalue weighted by molar-refractivity contribution is -0.136. The molecule has 1 heterocycles. The van der Waals surface area contributed by atoms with Crippen molar-refractivity contribution < 1.29 is 38.4 Å². The molecule has 0 saturated heterocycles. The quantitative estimate of drug-likeness (QED) is 0.0831. The Labute approximate surface area is 246 Å². The summed E-state index contributed by atoms with van der Waals surface area (Å²) in [7, 11) is 2.86. The number of esters is 1. The first-order chi connectivity index (χ1) is 19.2. The minimum atomic E-state index is -1.13. The lowest BCUT2D eigenvalue weighted by Crippen LogP contribution is -2.45. The second kappa shape index (κ2) is 14.6. The van der Waals surface area contributed by atoms with Gasteiger partial charge in [-0.05, 0) is 78.8 Å². The monoisotopic (exact) mass is 668 g/mol. The van der Waals surface area contributed by atoms with E-state index in [1.807, 2.05) is 19.9 Å². The van der Waals surface area contributed by atoms with Gasteiger partial charge in [0.15, 0.2) is 29.2 Å². The Morgan fingerprint density at radius 1 is 1.12 bits per heavy atom. The average Bonchev–Trinajstić information content (AvgIpc) is 2.92.